The summed E-state index contributed by atoms with van der Waals surface area (Å²) in [5.74, 6) is 0.429. The van der Waals surface area contributed by atoms with Gasteiger partial charge in [-0.2, -0.15) is 10.5 Å². The monoisotopic (exact) mass is 187 g/mol. The molecule has 2 N–H and O–H groups in total. The number of nitrogens with two attached hydrogens (primary N) is 1. The molecule has 0 aromatic heterocycles. The second kappa shape index (κ2) is 4.15. The fourth-order valence-electron chi connectivity index (χ4n) is 0.942. The molecule has 0 spiro atoms. The van der Waals surface area contributed by atoms with Crippen molar-refractivity contribution in [3.8, 4) is 17.9 Å². The minimum Gasteiger partial charge on any atom is -0.474 e. The van der Waals surface area contributed by atoms with E-state index in [1.54, 1.807) is 19.1 Å². The topological polar surface area (TPSA) is 82.8 Å². The molecule has 4 nitrogen and oxygen atoms in total. The minimum absolute atomic E-state index is 0.367. The highest BCUT2D eigenvalue weighted by atomic mass is 16.5. The first kappa shape index (κ1) is 9.88. The van der Waals surface area contributed by atoms with Crippen molar-refractivity contribution in [2.75, 3.05) is 5.73 Å². The predicted octanol–water partition coefficient (Wildman–Crippen LogP) is 1.43. The summed E-state index contributed by atoms with van der Waals surface area (Å²) >= 11 is 0. The first-order valence-electron chi connectivity index (χ1n) is 4.03. The maximum atomic E-state index is 8.58. The number of hydrogen-bond donors (Lipinski definition) is 1. The number of benzene rings is 1. The summed E-state index contributed by atoms with van der Waals surface area (Å²) in [6.07, 6.45) is -0.551. The molecule has 1 aromatic carbocycles. The summed E-state index contributed by atoms with van der Waals surface area (Å²) in [7, 11) is 0. The molecule has 0 aliphatic heterocycles. The Morgan fingerprint density at radius 2 is 2.14 bits per heavy atom. The van der Waals surface area contributed by atoms with E-state index in [-0.39, 0.29) is 0 Å². The zero-order valence-electron chi connectivity index (χ0n) is 7.69. The van der Waals surface area contributed by atoms with E-state index in [1.165, 1.54) is 6.07 Å². The summed E-state index contributed by atoms with van der Waals surface area (Å²) in [4.78, 5) is 0. The van der Waals surface area contributed by atoms with Gasteiger partial charge in [0.2, 0.25) is 0 Å². The van der Waals surface area contributed by atoms with Crippen molar-refractivity contribution in [2.45, 2.75) is 13.0 Å². The molecule has 0 saturated heterocycles. The van der Waals surface area contributed by atoms with Gasteiger partial charge in [-0.25, -0.2) is 0 Å². The SMILES string of the molecule is CC(C#N)Oc1ccc(C#N)cc1N. The van der Waals surface area contributed by atoms with Crippen LogP contribution in [0.3, 0.4) is 0 Å². The van der Waals surface area contributed by atoms with Gasteiger partial charge in [-0.15, -0.1) is 0 Å². The molecule has 1 atom stereocenters. The molecular weight excluding hydrogens is 178 g/mol. The maximum absolute atomic E-state index is 8.58. The van der Waals surface area contributed by atoms with Crippen LogP contribution in [0.4, 0.5) is 5.69 Å². The first-order valence-corrected chi connectivity index (χ1v) is 4.03. The fourth-order valence-corrected chi connectivity index (χ4v) is 0.942. The Bertz CT molecular complexity index is 414. The van der Waals surface area contributed by atoms with Gasteiger partial charge in [-0.05, 0) is 25.1 Å². The molecule has 0 bridgehead atoms. The van der Waals surface area contributed by atoms with Crippen molar-refractivity contribution < 1.29 is 4.74 Å². The Morgan fingerprint density at radius 3 is 2.64 bits per heavy atom. The van der Waals surface area contributed by atoms with Crippen LogP contribution in [-0.2, 0) is 0 Å². The predicted molar refractivity (Wildman–Crippen MR) is 51.3 cm³/mol. The summed E-state index contributed by atoms with van der Waals surface area (Å²) in [5.41, 5.74) is 6.45. The second-order valence-corrected chi connectivity index (χ2v) is 2.75. The van der Waals surface area contributed by atoms with Crippen LogP contribution in [0.5, 0.6) is 5.75 Å². The molecule has 0 amide bonds. The lowest BCUT2D eigenvalue weighted by atomic mass is 10.2. The number of ether oxygens (including phenoxy) is 1. The quantitative estimate of drug-likeness (QED) is 0.710. The lowest BCUT2D eigenvalue weighted by molar-refractivity contribution is 0.278. The van der Waals surface area contributed by atoms with Crippen molar-refractivity contribution in [3.63, 3.8) is 0 Å². The summed E-state index contributed by atoms with van der Waals surface area (Å²) in [6, 6.07) is 8.58. The zero-order chi connectivity index (χ0) is 10.6. The average Bonchev–Trinajstić information content (AvgIpc) is 2.20. The Hall–Kier alpha value is -2.20. The Labute approximate surface area is 82.1 Å². The Balaban J connectivity index is 2.92. The lowest BCUT2D eigenvalue weighted by Gasteiger charge is -2.09. The van der Waals surface area contributed by atoms with Crippen molar-refractivity contribution in [1.29, 1.82) is 10.5 Å². The summed E-state index contributed by atoms with van der Waals surface area (Å²) < 4.78 is 5.20. The van der Waals surface area contributed by atoms with Gasteiger partial charge in [-0.3, -0.25) is 0 Å². The van der Waals surface area contributed by atoms with Crippen LogP contribution in [0.1, 0.15) is 12.5 Å². The van der Waals surface area contributed by atoms with Crippen LogP contribution in [0, 0.1) is 22.7 Å². The summed E-state index contributed by atoms with van der Waals surface area (Å²) in [6.45, 7) is 1.62. The van der Waals surface area contributed by atoms with Crippen molar-refractivity contribution in [3.05, 3.63) is 23.8 Å². The van der Waals surface area contributed by atoms with Gasteiger partial charge >= 0.3 is 0 Å². The van der Waals surface area contributed by atoms with Gasteiger partial charge in [0.1, 0.15) is 11.8 Å². The molecule has 0 radical (unpaired) electrons. The molecule has 4 heteroatoms. The molecule has 0 heterocycles. The van der Waals surface area contributed by atoms with E-state index in [1.807, 2.05) is 12.1 Å². The van der Waals surface area contributed by atoms with Crippen LogP contribution in [0.2, 0.25) is 0 Å². The van der Waals surface area contributed by atoms with Crippen molar-refractivity contribution >= 4 is 5.69 Å². The van der Waals surface area contributed by atoms with E-state index < -0.39 is 6.10 Å². The summed E-state index contributed by atoms with van der Waals surface area (Å²) in [5, 5.41) is 17.1. The number of nitriles is 2. The van der Waals surface area contributed by atoms with E-state index in [2.05, 4.69) is 0 Å². The highest BCUT2D eigenvalue weighted by Gasteiger charge is 2.05. The molecule has 14 heavy (non-hydrogen) atoms. The van der Waals surface area contributed by atoms with Crippen molar-refractivity contribution in [1.82, 2.24) is 0 Å². The molecule has 0 fully saturated rings. The average molecular weight is 187 g/mol. The van der Waals surface area contributed by atoms with E-state index in [9.17, 15) is 0 Å². The normalized spacial score (nSPS) is 11.1. The lowest BCUT2D eigenvalue weighted by Crippen LogP contribution is -2.09. The third kappa shape index (κ3) is 2.15. The number of nitrogen functional groups attached to an aromatic ring is 1. The molecule has 1 aromatic rings. The molecule has 1 rings (SSSR count). The smallest absolute Gasteiger partial charge is 0.181 e. The van der Waals surface area contributed by atoms with Crippen LogP contribution < -0.4 is 10.5 Å². The zero-order valence-corrected chi connectivity index (χ0v) is 7.69. The van der Waals surface area contributed by atoms with E-state index in [0.29, 0.717) is 17.0 Å². The van der Waals surface area contributed by atoms with Gasteiger partial charge < -0.3 is 10.5 Å². The van der Waals surface area contributed by atoms with E-state index >= 15 is 0 Å². The molecule has 1 unspecified atom stereocenters. The maximum Gasteiger partial charge on any atom is 0.181 e. The molecule has 0 aliphatic carbocycles. The largest absolute Gasteiger partial charge is 0.474 e. The number of hydrogen-bond acceptors (Lipinski definition) is 4. The fraction of sp³-hybridized carbons (Fsp3) is 0.200. The van der Waals surface area contributed by atoms with E-state index in [0.717, 1.165) is 0 Å². The van der Waals surface area contributed by atoms with Crippen LogP contribution >= 0.6 is 0 Å². The molecule has 0 aliphatic rings. The van der Waals surface area contributed by atoms with E-state index in [4.69, 9.17) is 21.0 Å². The third-order valence-electron chi connectivity index (χ3n) is 1.62. The van der Waals surface area contributed by atoms with Crippen molar-refractivity contribution in [2.24, 2.45) is 0 Å². The van der Waals surface area contributed by atoms with Gasteiger partial charge in [0.05, 0.1) is 17.3 Å². The van der Waals surface area contributed by atoms with Crippen LogP contribution in [0.15, 0.2) is 18.2 Å². The highest BCUT2D eigenvalue weighted by Crippen LogP contribution is 2.23. The molecular formula is C10H9N3O. The minimum atomic E-state index is -0.551. The molecule has 70 valence electrons. The van der Waals surface area contributed by atoms with Crippen LogP contribution in [-0.4, -0.2) is 6.10 Å². The second-order valence-electron chi connectivity index (χ2n) is 2.75. The number of rotatable bonds is 2. The Morgan fingerprint density at radius 1 is 1.43 bits per heavy atom. The highest BCUT2D eigenvalue weighted by molar-refractivity contribution is 5.56. The standard InChI is InChI=1S/C10H9N3O/c1-7(5-11)14-10-3-2-8(6-12)4-9(10)13/h2-4,7H,13H2,1H3. The van der Waals surface area contributed by atoms with Gasteiger partial charge in [0.25, 0.3) is 0 Å². The van der Waals surface area contributed by atoms with Gasteiger partial charge in [0.15, 0.2) is 6.10 Å². The number of anilines is 1. The van der Waals surface area contributed by atoms with Gasteiger partial charge in [-0.1, -0.05) is 0 Å². The first-order chi connectivity index (χ1) is 6.67. The van der Waals surface area contributed by atoms with Gasteiger partial charge in [0, 0.05) is 0 Å². The molecule has 0 saturated carbocycles. The Kier molecular flexibility index (Phi) is 2.93. The third-order valence-corrected chi connectivity index (χ3v) is 1.62. The number of nitrogens with zero attached hydrogens (tertiary/aromatic N) is 2. The van der Waals surface area contributed by atoms with Crippen LogP contribution in [0.25, 0.3) is 0 Å².